The molecule has 5 nitrogen and oxygen atoms in total. The molecule has 3 N–H and O–H groups in total. The van der Waals surface area contributed by atoms with Crippen molar-refractivity contribution in [3.05, 3.63) is 0 Å². The summed E-state index contributed by atoms with van der Waals surface area (Å²) in [5.41, 5.74) is 5.48. The Kier molecular flexibility index (Phi) is 6.49. The van der Waals surface area contributed by atoms with Gasteiger partial charge >= 0.3 is 0 Å². The zero-order valence-corrected chi connectivity index (χ0v) is 12.0. The highest BCUT2D eigenvalue weighted by molar-refractivity contribution is 7.99. The van der Waals surface area contributed by atoms with Gasteiger partial charge < -0.3 is 16.0 Å². The summed E-state index contributed by atoms with van der Waals surface area (Å²) in [5, 5.41) is 2.84. The van der Waals surface area contributed by atoms with Crippen molar-refractivity contribution in [2.45, 2.75) is 45.2 Å². The molecule has 0 aromatic heterocycles. The van der Waals surface area contributed by atoms with E-state index < -0.39 is 0 Å². The number of carbonyl (C=O) groups excluding carboxylic acids is 2. The van der Waals surface area contributed by atoms with Gasteiger partial charge in [0.1, 0.15) is 6.04 Å². The van der Waals surface area contributed by atoms with Gasteiger partial charge in [0, 0.05) is 24.8 Å². The highest BCUT2D eigenvalue weighted by Gasteiger charge is 2.34. The van der Waals surface area contributed by atoms with Crippen molar-refractivity contribution >= 4 is 23.6 Å². The first kappa shape index (κ1) is 15.3. The van der Waals surface area contributed by atoms with Crippen molar-refractivity contribution in [1.82, 2.24) is 10.2 Å². The maximum absolute atomic E-state index is 12.0. The molecule has 1 fully saturated rings. The van der Waals surface area contributed by atoms with Crippen molar-refractivity contribution in [2.24, 2.45) is 5.73 Å². The number of nitrogens with one attached hydrogen (secondary N) is 1. The van der Waals surface area contributed by atoms with Crippen molar-refractivity contribution < 1.29 is 9.59 Å². The molecule has 1 aliphatic heterocycles. The van der Waals surface area contributed by atoms with Crippen molar-refractivity contribution in [2.75, 3.05) is 18.2 Å². The largest absolute Gasteiger partial charge is 0.351 e. The lowest BCUT2D eigenvalue weighted by Crippen LogP contribution is -2.50. The Morgan fingerprint density at radius 1 is 1.56 bits per heavy atom. The lowest BCUT2D eigenvalue weighted by molar-refractivity contribution is -0.138. The summed E-state index contributed by atoms with van der Waals surface area (Å²) in [4.78, 5) is 25.7. The summed E-state index contributed by atoms with van der Waals surface area (Å²) in [6.07, 6.45) is 2.41. The second-order valence-electron chi connectivity index (χ2n) is 4.63. The Hall–Kier alpha value is -0.750. The molecule has 6 heteroatoms. The fourth-order valence-corrected chi connectivity index (χ4v) is 2.96. The van der Waals surface area contributed by atoms with E-state index in [9.17, 15) is 9.59 Å². The number of unbranched alkanes of at least 4 members (excludes halogenated alkanes) is 1. The number of nitrogens with two attached hydrogens (primary N) is 1. The summed E-state index contributed by atoms with van der Waals surface area (Å²) >= 11 is 1.63. The lowest BCUT2D eigenvalue weighted by atomic mass is 10.2. The van der Waals surface area contributed by atoms with Gasteiger partial charge in [0.25, 0.3) is 0 Å². The van der Waals surface area contributed by atoms with Gasteiger partial charge in [0.05, 0.1) is 5.88 Å². The fourth-order valence-electron chi connectivity index (χ4n) is 1.78. The molecule has 0 aromatic rings. The van der Waals surface area contributed by atoms with E-state index in [0.717, 1.165) is 12.8 Å². The SMILES string of the molecule is CCCCC(=O)N1CSCC1C(=O)N[C@@H](C)CN. The first-order valence-electron chi connectivity index (χ1n) is 6.47. The van der Waals surface area contributed by atoms with E-state index in [1.54, 1.807) is 16.7 Å². The van der Waals surface area contributed by atoms with Crippen molar-refractivity contribution in [3.63, 3.8) is 0 Å². The average Bonchev–Trinajstić information content (AvgIpc) is 2.84. The van der Waals surface area contributed by atoms with E-state index in [1.165, 1.54) is 0 Å². The minimum atomic E-state index is -0.326. The number of nitrogens with zero attached hydrogens (tertiary/aromatic N) is 1. The molecule has 1 rings (SSSR count). The molecule has 0 radical (unpaired) electrons. The van der Waals surface area contributed by atoms with Gasteiger partial charge in [0.15, 0.2) is 0 Å². The zero-order valence-electron chi connectivity index (χ0n) is 11.1. The molecule has 1 saturated heterocycles. The molecule has 1 heterocycles. The summed E-state index contributed by atoms with van der Waals surface area (Å²) in [6.45, 7) is 4.33. The van der Waals surface area contributed by atoms with Crippen LogP contribution in [0.4, 0.5) is 0 Å². The van der Waals surface area contributed by atoms with E-state index in [1.807, 2.05) is 6.92 Å². The summed E-state index contributed by atoms with van der Waals surface area (Å²) in [7, 11) is 0. The third-order valence-corrected chi connectivity index (χ3v) is 4.00. The van der Waals surface area contributed by atoms with Gasteiger partial charge in [-0.3, -0.25) is 9.59 Å². The van der Waals surface area contributed by atoms with Crippen LogP contribution in [0.25, 0.3) is 0 Å². The second-order valence-corrected chi connectivity index (χ2v) is 5.63. The highest BCUT2D eigenvalue weighted by Crippen LogP contribution is 2.22. The van der Waals surface area contributed by atoms with Crippen LogP contribution in [0, 0.1) is 0 Å². The Morgan fingerprint density at radius 3 is 2.89 bits per heavy atom. The van der Waals surface area contributed by atoms with E-state index in [2.05, 4.69) is 12.2 Å². The molecular weight excluding hydrogens is 250 g/mol. The number of rotatable bonds is 6. The smallest absolute Gasteiger partial charge is 0.243 e. The monoisotopic (exact) mass is 273 g/mol. The predicted octanol–water partition coefficient (Wildman–Crippen LogP) is 0.542. The topological polar surface area (TPSA) is 75.4 Å². The van der Waals surface area contributed by atoms with E-state index in [-0.39, 0.29) is 23.9 Å². The summed E-state index contributed by atoms with van der Waals surface area (Å²) in [6, 6.07) is -0.371. The van der Waals surface area contributed by atoms with Crippen LogP contribution in [0.3, 0.4) is 0 Å². The summed E-state index contributed by atoms with van der Waals surface area (Å²) in [5.74, 6) is 1.31. The Labute approximate surface area is 113 Å². The molecule has 18 heavy (non-hydrogen) atoms. The van der Waals surface area contributed by atoms with Gasteiger partial charge in [0.2, 0.25) is 11.8 Å². The van der Waals surface area contributed by atoms with Crippen LogP contribution >= 0.6 is 11.8 Å². The van der Waals surface area contributed by atoms with Crippen LogP contribution in [-0.2, 0) is 9.59 Å². The van der Waals surface area contributed by atoms with Gasteiger partial charge in [-0.25, -0.2) is 0 Å². The van der Waals surface area contributed by atoms with Gasteiger partial charge in [-0.15, -0.1) is 11.8 Å². The summed E-state index contributed by atoms with van der Waals surface area (Å²) < 4.78 is 0. The standard InChI is InChI=1S/C12H23N3O2S/c1-3-4-5-11(16)15-8-18-7-10(15)12(17)14-9(2)6-13/h9-10H,3-8,13H2,1-2H3,(H,14,17)/t9-,10?/m0/s1. The molecule has 104 valence electrons. The first-order chi connectivity index (χ1) is 8.60. The van der Waals surface area contributed by atoms with Crippen LogP contribution in [-0.4, -0.2) is 47.0 Å². The lowest BCUT2D eigenvalue weighted by Gasteiger charge is -2.24. The van der Waals surface area contributed by atoms with Crippen molar-refractivity contribution in [3.8, 4) is 0 Å². The third kappa shape index (κ3) is 4.17. The Morgan fingerprint density at radius 2 is 2.28 bits per heavy atom. The number of hydrogen-bond acceptors (Lipinski definition) is 4. The molecule has 1 aliphatic rings. The molecule has 2 atom stereocenters. The number of hydrogen-bond donors (Lipinski definition) is 2. The first-order valence-corrected chi connectivity index (χ1v) is 7.63. The van der Waals surface area contributed by atoms with Gasteiger partial charge in [-0.1, -0.05) is 13.3 Å². The molecule has 0 saturated carbocycles. The highest BCUT2D eigenvalue weighted by atomic mass is 32.2. The normalized spacial score (nSPS) is 20.8. The second kappa shape index (κ2) is 7.63. The number of amides is 2. The molecule has 0 bridgehead atoms. The van der Waals surface area contributed by atoms with Gasteiger partial charge in [-0.2, -0.15) is 0 Å². The molecule has 2 amide bonds. The average molecular weight is 273 g/mol. The maximum Gasteiger partial charge on any atom is 0.243 e. The minimum absolute atomic E-state index is 0.0457. The molecule has 0 spiro atoms. The molecule has 1 unspecified atom stereocenters. The van der Waals surface area contributed by atoms with E-state index in [4.69, 9.17) is 5.73 Å². The quantitative estimate of drug-likeness (QED) is 0.741. The van der Waals surface area contributed by atoms with E-state index >= 15 is 0 Å². The van der Waals surface area contributed by atoms with E-state index in [0.29, 0.717) is 24.6 Å². The minimum Gasteiger partial charge on any atom is -0.351 e. The Bertz CT molecular complexity index is 299. The van der Waals surface area contributed by atoms with Crippen LogP contribution in [0.15, 0.2) is 0 Å². The maximum atomic E-state index is 12.0. The van der Waals surface area contributed by atoms with Crippen molar-refractivity contribution in [1.29, 1.82) is 0 Å². The van der Waals surface area contributed by atoms with Crippen LogP contribution < -0.4 is 11.1 Å². The zero-order chi connectivity index (χ0) is 13.5. The third-order valence-electron chi connectivity index (χ3n) is 2.99. The molecule has 0 aliphatic carbocycles. The fraction of sp³-hybridized carbons (Fsp3) is 0.833. The van der Waals surface area contributed by atoms with Crippen LogP contribution in [0.1, 0.15) is 33.1 Å². The van der Waals surface area contributed by atoms with Crippen LogP contribution in [0.2, 0.25) is 0 Å². The predicted molar refractivity (Wildman–Crippen MR) is 74.1 cm³/mol. The molecular formula is C12H23N3O2S. The Balaban J connectivity index is 2.53. The van der Waals surface area contributed by atoms with Crippen LogP contribution in [0.5, 0.6) is 0 Å². The van der Waals surface area contributed by atoms with Gasteiger partial charge in [-0.05, 0) is 13.3 Å². The number of carbonyl (C=O) groups is 2. The number of thioether (sulfide) groups is 1. The molecule has 0 aromatic carbocycles.